The molecule has 1 fully saturated rings. The Kier molecular flexibility index (Phi) is 5.98. The van der Waals surface area contributed by atoms with Crippen molar-refractivity contribution in [3.63, 3.8) is 0 Å². The number of carbonyl (C=O) groups excluding carboxylic acids is 1. The maximum absolute atomic E-state index is 12.5. The van der Waals surface area contributed by atoms with Crippen molar-refractivity contribution in [2.24, 2.45) is 0 Å². The molecule has 3 rings (SSSR count). The summed E-state index contributed by atoms with van der Waals surface area (Å²) in [5.74, 6) is 1.08. The van der Waals surface area contributed by atoms with E-state index in [0.717, 1.165) is 11.3 Å². The number of anilines is 1. The first-order valence-corrected chi connectivity index (χ1v) is 9.02. The normalized spacial score (nSPS) is 13.9. The van der Waals surface area contributed by atoms with Crippen LogP contribution in [0.3, 0.4) is 0 Å². The number of nitrogens with zero attached hydrogens (tertiary/aromatic N) is 3. The van der Waals surface area contributed by atoms with Gasteiger partial charge in [0.15, 0.2) is 18.1 Å². The molecule has 0 radical (unpaired) electrons. The first-order valence-electron chi connectivity index (χ1n) is 9.02. The van der Waals surface area contributed by atoms with Crippen LogP contribution in [0, 0.1) is 17.0 Å². The highest BCUT2D eigenvalue weighted by Crippen LogP contribution is 2.28. The highest BCUT2D eigenvalue weighted by molar-refractivity contribution is 5.78. The Hall–Kier alpha value is -3.29. The third-order valence-electron chi connectivity index (χ3n) is 4.73. The van der Waals surface area contributed by atoms with E-state index in [1.165, 1.54) is 12.1 Å². The standard InChI is InChI=1S/C20H23N3O5/c1-15-3-8-18(19(13-15)27-2)28-14-20(24)22-11-9-21(10-12-22)16-4-6-17(7-5-16)23(25)26/h3-8,13H,9-12,14H2,1-2H3. The molecule has 0 atom stereocenters. The van der Waals surface area contributed by atoms with E-state index in [1.54, 1.807) is 30.2 Å². The molecule has 2 aromatic rings. The first-order chi connectivity index (χ1) is 13.5. The number of non-ortho nitro benzene ring substituents is 1. The van der Waals surface area contributed by atoms with Crippen molar-refractivity contribution in [3.8, 4) is 11.5 Å². The fraction of sp³-hybridized carbons (Fsp3) is 0.350. The molecule has 8 heteroatoms. The minimum Gasteiger partial charge on any atom is -0.493 e. The molecule has 8 nitrogen and oxygen atoms in total. The second kappa shape index (κ2) is 8.60. The Balaban J connectivity index is 1.52. The van der Waals surface area contributed by atoms with Crippen LogP contribution in [-0.2, 0) is 4.79 Å². The van der Waals surface area contributed by atoms with Crippen molar-refractivity contribution in [2.45, 2.75) is 6.92 Å². The Morgan fingerprint density at radius 1 is 1.07 bits per heavy atom. The first kappa shape index (κ1) is 19.5. The topological polar surface area (TPSA) is 85.2 Å². The summed E-state index contributed by atoms with van der Waals surface area (Å²) < 4.78 is 10.9. The van der Waals surface area contributed by atoms with Crippen molar-refractivity contribution in [3.05, 3.63) is 58.1 Å². The molecule has 2 aromatic carbocycles. The molecule has 1 heterocycles. The van der Waals surface area contributed by atoms with Crippen LogP contribution >= 0.6 is 0 Å². The molecule has 28 heavy (non-hydrogen) atoms. The number of nitro benzene ring substituents is 1. The second-order valence-corrected chi connectivity index (χ2v) is 6.58. The van der Waals surface area contributed by atoms with Gasteiger partial charge in [-0.3, -0.25) is 14.9 Å². The average molecular weight is 385 g/mol. The summed E-state index contributed by atoms with van der Waals surface area (Å²) in [6.07, 6.45) is 0. The molecule has 0 bridgehead atoms. The summed E-state index contributed by atoms with van der Waals surface area (Å²) in [4.78, 5) is 26.7. The van der Waals surface area contributed by atoms with Crippen LogP contribution in [0.2, 0.25) is 0 Å². The number of rotatable bonds is 6. The number of hydrogen-bond acceptors (Lipinski definition) is 6. The molecule has 1 saturated heterocycles. The van der Waals surface area contributed by atoms with E-state index < -0.39 is 4.92 Å². The van der Waals surface area contributed by atoms with Crippen LogP contribution in [0.4, 0.5) is 11.4 Å². The summed E-state index contributed by atoms with van der Waals surface area (Å²) in [6, 6.07) is 12.0. The minimum absolute atomic E-state index is 0.0447. The van der Waals surface area contributed by atoms with Gasteiger partial charge in [0.05, 0.1) is 12.0 Å². The fourth-order valence-electron chi connectivity index (χ4n) is 3.12. The number of ether oxygens (including phenoxy) is 2. The smallest absolute Gasteiger partial charge is 0.269 e. The predicted octanol–water partition coefficient (Wildman–Crippen LogP) is 2.64. The maximum Gasteiger partial charge on any atom is 0.269 e. The molecular weight excluding hydrogens is 362 g/mol. The number of benzene rings is 2. The molecule has 1 aliphatic heterocycles. The van der Waals surface area contributed by atoms with Gasteiger partial charge >= 0.3 is 0 Å². The molecule has 1 aliphatic rings. The monoisotopic (exact) mass is 385 g/mol. The number of amides is 1. The highest BCUT2D eigenvalue weighted by atomic mass is 16.6. The number of piperazine rings is 1. The third kappa shape index (κ3) is 4.51. The average Bonchev–Trinajstić information content (AvgIpc) is 2.72. The zero-order valence-electron chi connectivity index (χ0n) is 16.0. The van der Waals surface area contributed by atoms with E-state index in [9.17, 15) is 14.9 Å². The molecule has 0 saturated carbocycles. The van der Waals surface area contributed by atoms with Gasteiger partial charge in [0, 0.05) is 44.0 Å². The highest BCUT2D eigenvalue weighted by Gasteiger charge is 2.22. The number of nitro groups is 1. The van der Waals surface area contributed by atoms with Gasteiger partial charge in [0.1, 0.15) is 0 Å². The number of methoxy groups -OCH3 is 1. The maximum atomic E-state index is 12.5. The Labute approximate surface area is 163 Å². The molecule has 1 amide bonds. The lowest BCUT2D eigenvalue weighted by Crippen LogP contribution is -2.50. The van der Waals surface area contributed by atoms with Crippen molar-refractivity contribution in [2.75, 3.05) is 44.8 Å². The Morgan fingerprint density at radius 3 is 2.36 bits per heavy atom. The molecule has 0 aromatic heterocycles. The summed E-state index contributed by atoms with van der Waals surface area (Å²) in [7, 11) is 1.57. The Morgan fingerprint density at radius 2 is 1.75 bits per heavy atom. The van der Waals surface area contributed by atoms with E-state index in [2.05, 4.69) is 4.90 Å². The fourth-order valence-corrected chi connectivity index (χ4v) is 3.12. The van der Waals surface area contributed by atoms with Crippen LogP contribution in [0.25, 0.3) is 0 Å². The predicted molar refractivity (Wildman–Crippen MR) is 105 cm³/mol. The van der Waals surface area contributed by atoms with E-state index in [0.29, 0.717) is 37.7 Å². The van der Waals surface area contributed by atoms with E-state index in [-0.39, 0.29) is 18.2 Å². The summed E-state index contributed by atoms with van der Waals surface area (Å²) in [5.41, 5.74) is 2.04. The molecular formula is C20H23N3O5. The minimum atomic E-state index is -0.413. The zero-order chi connectivity index (χ0) is 20.1. The van der Waals surface area contributed by atoms with E-state index in [4.69, 9.17) is 9.47 Å². The number of hydrogen-bond donors (Lipinski definition) is 0. The van der Waals surface area contributed by atoms with Crippen LogP contribution < -0.4 is 14.4 Å². The summed E-state index contributed by atoms with van der Waals surface area (Å²) >= 11 is 0. The second-order valence-electron chi connectivity index (χ2n) is 6.58. The Bertz CT molecular complexity index is 845. The van der Waals surface area contributed by atoms with Gasteiger partial charge in [-0.25, -0.2) is 0 Å². The number of aryl methyl sites for hydroxylation is 1. The molecule has 148 valence electrons. The largest absolute Gasteiger partial charge is 0.493 e. The van der Waals surface area contributed by atoms with Gasteiger partial charge in [-0.2, -0.15) is 0 Å². The summed E-state index contributed by atoms with van der Waals surface area (Å²) in [6.45, 7) is 4.39. The van der Waals surface area contributed by atoms with Crippen molar-refractivity contribution in [1.82, 2.24) is 4.90 Å². The van der Waals surface area contributed by atoms with Gasteiger partial charge in [0.2, 0.25) is 0 Å². The van der Waals surface area contributed by atoms with Gasteiger partial charge < -0.3 is 19.3 Å². The lowest BCUT2D eigenvalue weighted by atomic mass is 10.2. The molecule has 0 aliphatic carbocycles. The van der Waals surface area contributed by atoms with E-state index >= 15 is 0 Å². The van der Waals surface area contributed by atoms with Crippen molar-refractivity contribution >= 4 is 17.3 Å². The lowest BCUT2D eigenvalue weighted by Gasteiger charge is -2.36. The van der Waals surface area contributed by atoms with Crippen molar-refractivity contribution < 1.29 is 19.2 Å². The van der Waals surface area contributed by atoms with Crippen LogP contribution in [-0.4, -0.2) is 55.6 Å². The van der Waals surface area contributed by atoms with Gasteiger partial charge in [0.25, 0.3) is 11.6 Å². The van der Waals surface area contributed by atoms with Crippen LogP contribution in [0.1, 0.15) is 5.56 Å². The van der Waals surface area contributed by atoms with E-state index in [1.807, 2.05) is 19.1 Å². The van der Waals surface area contributed by atoms with Gasteiger partial charge in [-0.15, -0.1) is 0 Å². The summed E-state index contributed by atoms with van der Waals surface area (Å²) in [5, 5.41) is 10.8. The van der Waals surface area contributed by atoms with Gasteiger partial charge in [-0.1, -0.05) is 6.07 Å². The quantitative estimate of drug-likeness (QED) is 0.561. The van der Waals surface area contributed by atoms with Crippen LogP contribution in [0.15, 0.2) is 42.5 Å². The zero-order valence-corrected chi connectivity index (χ0v) is 16.0. The third-order valence-corrected chi connectivity index (χ3v) is 4.73. The molecule has 0 unspecified atom stereocenters. The lowest BCUT2D eigenvalue weighted by molar-refractivity contribution is -0.384. The van der Waals surface area contributed by atoms with Crippen molar-refractivity contribution in [1.29, 1.82) is 0 Å². The molecule has 0 spiro atoms. The van der Waals surface area contributed by atoms with Crippen LogP contribution in [0.5, 0.6) is 11.5 Å². The SMILES string of the molecule is COc1cc(C)ccc1OCC(=O)N1CCN(c2ccc([N+](=O)[O-])cc2)CC1. The molecule has 0 N–H and O–H groups in total. The van der Waals surface area contributed by atoms with Gasteiger partial charge in [-0.05, 0) is 36.8 Å². The number of carbonyl (C=O) groups is 1.